The number of hydrogen-bond acceptors (Lipinski definition) is 3. The summed E-state index contributed by atoms with van der Waals surface area (Å²) in [5, 5.41) is 9.73. The molecular weight excluding hydrogens is 295 g/mol. The molecule has 0 saturated heterocycles. The van der Waals surface area contributed by atoms with E-state index >= 15 is 0 Å². The van der Waals surface area contributed by atoms with E-state index in [2.05, 4.69) is 15.9 Å². The molecule has 0 unspecified atom stereocenters. The Morgan fingerprint density at radius 2 is 2.12 bits per heavy atom. The molecule has 0 saturated carbocycles. The van der Waals surface area contributed by atoms with Crippen molar-refractivity contribution in [1.29, 1.82) is 0 Å². The zero-order valence-electron chi connectivity index (χ0n) is 7.91. The molecule has 0 amide bonds. The van der Waals surface area contributed by atoms with Gasteiger partial charge in [-0.3, -0.25) is 4.79 Å². The van der Waals surface area contributed by atoms with E-state index in [1.54, 1.807) is 18.2 Å². The highest BCUT2D eigenvalue weighted by atomic mass is 79.9. The lowest BCUT2D eigenvalue weighted by molar-refractivity contribution is 0.110. The highest BCUT2D eigenvalue weighted by Gasteiger charge is 2.11. The first-order chi connectivity index (χ1) is 7.61. The maximum atomic E-state index is 10.5. The molecule has 0 radical (unpaired) electrons. The van der Waals surface area contributed by atoms with Gasteiger partial charge in [0.25, 0.3) is 0 Å². The van der Waals surface area contributed by atoms with Crippen LogP contribution in [0.3, 0.4) is 0 Å². The lowest BCUT2D eigenvalue weighted by Gasteiger charge is -2.03. The summed E-state index contributed by atoms with van der Waals surface area (Å²) in [6.45, 7) is 0. The molecule has 0 aliphatic carbocycles. The van der Waals surface area contributed by atoms with Crippen LogP contribution >= 0.6 is 27.5 Å². The Hall–Kier alpha value is -1.26. The van der Waals surface area contributed by atoms with Crippen molar-refractivity contribution in [2.45, 2.75) is 0 Å². The summed E-state index contributed by atoms with van der Waals surface area (Å²) in [6.07, 6.45) is 0.618. The second-order valence-corrected chi connectivity index (χ2v) is 4.36. The first-order valence-electron chi connectivity index (χ1n) is 4.35. The third-order valence-corrected chi connectivity index (χ3v) is 3.00. The molecule has 82 valence electrons. The summed E-state index contributed by atoms with van der Waals surface area (Å²) in [7, 11) is 0. The summed E-state index contributed by atoms with van der Waals surface area (Å²) < 4.78 is 5.92. The van der Waals surface area contributed by atoms with Crippen LogP contribution in [0.1, 0.15) is 10.6 Å². The van der Waals surface area contributed by atoms with Crippen LogP contribution in [-0.4, -0.2) is 11.4 Å². The van der Waals surface area contributed by atoms with E-state index in [-0.39, 0.29) is 16.5 Å². The van der Waals surface area contributed by atoms with Crippen LogP contribution in [0.15, 0.2) is 33.2 Å². The number of aldehydes is 1. The fourth-order valence-electron chi connectivity index (χ4n) is 1.29. The van der Waals surface area contributed by atoms with Crippen LogP contribution < -0.4 is 0 Å². The molecule has 0 aliphatic heterocycles. The van der Waals surface area contributed by atoms with Gasteiger partial charge in [-0.15, -0.1) is 0 Å². The molecule has 1 heterocycles. The number of benzene rings is 1. The monoisotopic (exact) mass is 300 g/mol. The molecule has 1 aromatic heterocycles. The van der Waals surface area contributed by atoms with Crippen molar-refractivity contribution >= 4 is 33.8 Å². The van der Waals surface area contributed by atoms with Gasteiger partial charge < -0.3 is 9.52 Å². The van der Waals surface area contributed by atoms with Gasteiger partial charge in [0.2, 0.25) is 0 Å². The Morgan fingerprint density at radius 3 is 2.75 bits per heavy atom. The topological polar surface area (TPSA) is 50.4 Å². The minimum absolute atomic E-state index is 0.0380. The number of phenols is 1. The van der Waals surface area contributed by atoms with Crippen molar-refractivity contribution in [1.82, 2.24) is 0 Å². The van der Waals surface area contributed by atoms with Crippen molar-refractivity contribution in [2.24, 2.45) is 0 Å². The minimum atomic E-state index is -0.0380. The second-order valence-electron chi connectivity index (χ2n) is 3.10. The van der Waals surface area contributed by atoms with Gasteiger partial charge in [-0.05, 0) is 40.2 Å². The standard InChI is InChI=1S/C11H6BrClO3/c12-8-4-9(13)10(15)3-7(8)11-2-1-6(5-14)16-11/h1-5,15H. The first-order valence-corrected chi connectivity index (χ1v) is 5.52. The number of carbonyl (C=O) groups is 1. The van der Waals surface area contributed by atoms with Crippen molar-refractivity contribution in [2.75, 3.05) is 0 Å². The maximum absolute atomic E-state index is 10.5. The highest BCUT2D eigenvalue weighted by Crippen LogP contribution is 2.36. The molecule has 16 heavy (non-hydrogen) atoms. The molecular formula is C11H6BrClO3. The Bertz CT molecular complexity index is 548. The average molecular weight is 302 g/mol. The molecule has 0 fully saturated rings. The van der Waals surface area contributed by atoms with Gasteiger partial charge in [-0.25, -0.2) is 0 Å². The van der Waals surface area contributed by atoms with E-state index in [1.165, 1.54) is 6.07 Å². The third kappa shape index (κ3) is 1.99. The molecule has 2 aromatic rings. The van der Waals surface area contributed by atoms with E-state index in [1.807, 2.05) is 0 Å². The molecule has 5 heteroatoms. The average Bonchev–Trinajstić information content (AvgIpc) is 2.71. The highest BCUT2D eigenvalue weighted by molar-refractivity contribution is 9.10. The largest absolute Gasteiger partial charge is 0.506 e. The van der Waals surface area contributed by atoms with Crippen LogP contribution in [0.4, 0.5) is 0 Å². The lowest BCUT2D eigenvalue weighted by atomic mass is 10.1. The van der Waals surface area contributed by atoms with Gasteiger partial charge in [-0.1, -0.05) is 11.6 Å². The number of hydrogen-bond donors (Lipinski definition) is 1. The Labute approximate surface area is 105 Å². The fourth-order valence-corrected chi connectivity index (χ4v) is 2.12. The number of halogens is 2. The van der Waals surface area contributed by atoms with Crippen molar-refractivity contribution in [3.63, 3.8) is 0 Å². The minimum Gasteiger partial charge on any atom is -0.506 e. The lowest BCUT2D eigenvalue weighted by Crippen LogP contribution is -1.78. The van der Waals surface area contributed by atoms with E-state index in [0.29, 0.717) is 22.1 Å². The van der Waals surface area contributed by atoms with E-state index in [9.17, 15) is 9.90 Å². The summed E-state index contributed by atoms with van der Waals surface area (Å²) in [6, 6.07) is 6.24. The number of furan rings is 1. The second kappa shape index (κ2) is 4.31. The van der Waals surface area contributed by atoms with Crippen molar-refractivity contribution in [3.8, 4) is 17.1 Å². The number of aromatic hydroxyl groups is 1. The van der Waals surface area contributed by atoms with Crippen LogP contribution in [0.5, 0.6) is 5.75 Å². The first kappa shape index (κ1) is 11.2. The van der Waals surface area contributed by atoms with Crippen LogP contribution in [-0.2, 0) is 0 Å². The Morgan fingerprint density at radius 1 is 1.38 bits per heavy atom. The smallest absolute Gasteiger partial charge is 0.185 e. The Kier molecular flexibility index (Phi) is 3.03. The van der Waals surface area contributed by atoms with E-state index in [4.69, 9.17) is 16.0 Å². The van der Waals surface area contributed by atoms with Crippen LogP contribution in [0.25, 0.3) is 11.3 Å². The molecule has 1 aromatic carbocycles. The Balaban J connectivity index is 2.55. The molecule has 0 aliphatic rings. The molecule has 1 N–H and O–H groups in total. The number of phenolic OH excluding ortho intramolecular Hbond substituents is 1. The van der Waals surface area contributed by atoms with E-state index < -0.39 is 0 Å². The normalized spacial score (nSPS) is 10.4. The van der Waals surface area contributed by atoms with Gasteiger partial charge in [0, 0.05) is 10.0 Å². The molecule has 0 atom stereocenters. The molecule has 0 bridgehead atoms. The van der Waals surface area contributed by atoms with Gasteiger partial charge in [0.15, 0.2) is 12.0 Å². The number of carbonyl (C=O) groups excluding carboxylic acids is 1. The van der Waals surface area contributed by atoms with Crippen LogP contribution in [0, 0.1) is 0 Å². The van der Waals surface area contributed by atoms with E-state index in [0.717, 1.165) is 0 Å². The zero-order chi connectivity index (χ0) is 11.7. The van der Waals surface area contributed by atoms with Crippen molar-refractivity contribution < 1.29 is 14.3 Å². The van der Waals surface area contributed by atoms with Crippen molar-refractivity contribution in [3.05, 3.63) is 39.5 Å². The van der Waals surface area contributed by atoms with Gasteiger partial charge in [-0.2, -0.15) is 0 Å². The SMILES string of the molecule is O=Cc1ccc(-c2cc(O)c(Cl)cc2Br)o1. The fraction of sp³-hybridized carbons (Fsp3) is 0. The summed E-state index contributed by atoms with van der Waals surface area (Å²) in [5.41, 5.74) is 0.634. The molecule has 0 spiro atoms. The quantitative estimate of drug-likeness (QED) is 0.856. The van der Waals surface area contributed by atoms with Crippen LogP contribution in [0.2, 0.25) is 5.02 Å². The summed E-state index contributed by atoms with van der Waals surface area (Å²) in [4.78, 5) is 10.5. The predicted octanol–water partition coefficient (Wildman–Crippen LogP) is 3.88. The van der Waals surface area contributed by atoms with Gasteiger partial charge >= 0.3 is 0 Å². The third-order valence-electron chi connectivity index (χ3n) is 2.04. The number of rotatable bonds is 2. The summed E-state index contributed by atoms with van der Waals surface area (Å²) in [5.74, 6) is 0.682. The summed E-state index contributed by atoms with van der Waals surface area (Å²) >= 11 is 9.04. The maximum Gasteiger partial charge on any atom is 0.185 e. The predicted molar refractivity (Wildman–Crippen MR) is 63.9 cm³/mol. The van der Waals surface area contributed by atoms with Gasteiger partial charge in [0.05, 0.1) is 5.02 Å². The molecule has 3 nitrogen and oxygen atoms in total. The molecule has 2 rings (SSSR count). The van der Waals surface area contributed by atoms with Gasteiger partial charge in [0.1, 0.15) is 11.5 Å². The zero-order valence-corrected chi connectivity index (χ0v) is 10.2.